The van der Waals surface area contributed by atoms with Crippen molar-refractivity contribution in [2.45, 2.75) is 37.5 Å². The van der Waals surface area contributed by atoms with Crippen molar-refractivity contribution in [3.63, 3.8) is 0 Å². The van der Waals surface area contributed by atoms with Crippen LogP contribution in [-0.2, 0) is 0 Å². The lowest BCUT2D eigenvalue weighted by Gasteiger charge is -2.40. The van der Waals surface area contributed by atoms with Crippen molar-refractivity contribution >= 4 is 22.2 Å². The van der Waals surface area contributed by atoms with Crippen LogP contribution in [0.4, 0.5) is 0 Å². The molecule has 2 aromatic carbocycles. The van der Waals surface area contributed by atoms with Gasteiger partial charge in [0.15, 0.2) is 0 Å². The first kappa shape index (κ1) is 15.9. The van der Waals surface area contributed by atoms with Gasteiger partial charge in [-0.2, -0.15) is 0 Å². The van der Waals surface area contributed by atoms with E-state index in [0.29, 0.717) is 11.8 Å². The van der Waals surface area contributed by atoms with Crippen molar-refractivity contribution in [1.82, 2.24) is 0 Å². The van der Waals surface area contributed by atoms with Crippen molar-refractivity contribution in [1.29, 1.82) is 10.5 Å². The van der Waals surface area contributed by atoms with Gasteiger partial charge in [0.1, 0.15) is 0 Å². The molecule has 0 aromatic heterocycles. The van der Waals surface area contributed by atoms with Crippen molar-refractivity contribution in [3.05, 3.63) is 68.7 Å². The van der Waals surface area contributed by atoms with Crippen molar-refractivity contribution < 1.29 is 0 Å². The molecule has 1 saturated carbocycles. The van der Waals surface area contributed by atoms with E-state index in [1.165, 1.54) is 0 Å². The van der Waals surface area contributed by atoms with Crippen molar-refractivity contribution in [3.8, 4) is 12.1 Å². The minimum atomic E-state index is 0.109. The monoisotopic (exact) mass is 334 g/mol. The fourth-order valence-electron chi connectivity index (χ4n) is 4.78. The summed E-state index contributed by atoms with van der Waals surface area (Å²) in [5, 5.41) is 22.2. The SMILES string of the molecule is [C-]#[N+]/C(C#N)=c1/c2c(/c(=C(\C#N)[N+]#[C-])c3ccccc13)C1CCC2CC1. The zero-order valence-corrected chi connectivity index (χ0v) is 14.1. The zero-order valence-electron chi connectivity index (χ0n) is 14.1. The first-order valence-electron chi connectivity index (χ1n) is 8.63. The molecule has 0 unspecified atom stereocenters. The number of rotatable bonds is 0. The summed E-state index contributed by atoms with van der Waals surface area (Å²) >= 11 is 0. The Hall–Kier alpha value is -3.60. The van der Waals surface area contributed by atoms with Gasteiger partial charge in [-0.25, -0.2) is 20.2 Å². The largest absolute Gasteiger partial charge is 0.269 e. The maximum absolute atomic E-state index is 9.57. The van der Waals surface area contributed by atoms with Gasteiger partial charge in [0.05, 0.1) is 25.3 Å². The number of benzene rings is 2. The molecule has 2 aromatic rings. The van der Waals surface area contributed by atoms with Gasteiger partial charge >= 0.3 is 0 Å². The Kier molecular flexibility index (Phi) is 3.69. The molecule has 0 aliphatic heterocycles. The number of nitrogens with zero attached hydrogens (tertiary/aromatic N) is 4. The third kappa shape index (κ3) is 2.04. The summed E-state index contributed by atoms with van der Waals surface area (Å²) in [6, 6.07) is 11.7. The van der Waals surface area contributed by atoms with Gasteiger partial charge in [-0.05, 0) is 59.4 Å². The number of hydrogen-bond acceptors (Lipinski definition) is 2. The van der Waals surface area contributed by atoms with Crippen molar-refractivity contribution in [2.24, 2.45) is 0 Å². The second-order valence-corrected chi connectivity index (χ2v) is 6.82. The van der Waals surface area contributed by atoms with Crippen LogP contribution in [0.25, 0.3) is 31.9 Å². The summed E-state index contributed by atoms with van der Waals surface area (Å²) in [6.45, 7) is 15.0. The van der Waals surface area contributed by atoms with Gasteiger partial charge in [0.25, 0.3) is 11.4 Å². The Morgan fingerprint density at radius 3 is 1.50 bits per heavy atom. The average molecular weight is 334 g/mol. The third-order valence-electron chi connectivity index (χ3n) is 5.75. The van der Waals surface area contributed by atoms with E-state index < -0.39 is 0 Å². The van der Waals surface area contributed by atoms with Crippen LogP contribution in [0.1, 0.15) is 48.6 Å². The molecule has 3 aliphatic rings. The van der Waals surface area contributed by atoms with Crippen LogP contribution in [0.5, 0.6) is 0 Å². The Labute approximate surface area is 151 Å². The molecule has 0 heterocycles. The van der Waals surface area contributed by atoms with Crippen LogP contribution in [0.15, 0.2) is 24.3 Å². The van der Waals surface area contributed by atoms with E-state index >= 15 is 0 Å². The fraction of sp³-hybridized carbons (Fsp3) is 0.273. The highest BCUT2D eigenvalue weighted by molar-refractivity contribution is 5.93. The summed E-state index contributed by atoms with van der Waals surface area (Å²) in [5.41, 5.74) is 2.31. The Bertz CT molecular complexity index is 1100. The molecule has 0 spiro atoms. The lowest BCUT2D eigenvalue weighted by molar-refractivity contribution is 0.356. The normalized spacial score (nSPS) is 22.3. The summed E-state index contributed by atoms with van der Waals surface area (Å²) in [7, 11) is 0. The molecule has 4 heteroatoms. The van der Waals surface area contributed by atoms with Crippen LogP contribution in [0.2, 0.25) is 0 Å². The van der Waals surface area contributed by atoms with Gasteiger partial charge in [0, 0.05) is 10.4 Å². The lowest BCUT2D eigenvalue weighted by Crippen LogP contribution is -2.36. The molecule has 0 N–H and O–H groups in total. The van der Waals surface area contributed by atoms with E-state index in [0.717, 1.165) is 58.0 Å². The van der Waals surface area contributed by atoms with Gasteiger partial charge in [0.2, 0.25) is 0 Å². The summed E-state index contributed by atoms with van der Waals surface area (Å²) in [5.74, 6) is 0.591. The lowest BCUT2D eigenvalue weighted by atomic mass is 9.65. The van der Waals surface area contributed by atoms with Gasteiger partial charge in [-0.1, -0.05) is 24.3 Å². The molecule has 2 bridgehead atoms. The minimum absolute atomic E-state index is 0.109. The number of fused-ring (bicyclic) bond motifs is 3. The van der Waals surface area contributed by atoms with Crippen molar-refractivity contribution in [2.75, 3.05) is 0 Å². The standard InChI is InChI=1S/C22H14N4/c1-25-17(11-23)21-15-5-3-4-6-16(15)22(18(12-24)26-2)20-14-9-7-13(8-10-14)19(20)21/h3-6,13-14H,7-10H2/b21-17+,22-18+. The number of nitriles is 2. The van der Waals surface area contributed by atoms with E-state index in [1.807, 2.05) is 24.3 Å². The molecule has 4 nitrogen and oxygen atoms in total. The summed E-state index contributed by atoms with van der Waals surface area (Å²) < 4.78 is 0. The third-order valence-corrected chi connectivity index (χ3v) is 5.75. The topological polar surface area (TPSA) is 56.3 Å². The van der Waals surface area contributed by atoms with Crippen LogP contribution in [0.3, 0.4) is 0 Å². The quantitative estimate of drug-likeness (QED) is 0.690. The average Bonchev–Trinajstić information content (AvgIpc) is 2.71. The smallest absolute Gasteiger partial charge is 0.226 e. The Morgan fingerprint density at radius 1 is 0.808 bits per heavy atom. The molecule has 26 heavy (non-hydrogen) atoms. The Morgan fingerprint density at radius 2 is 1.19 bits per heavy atom. The van der Waals surface area contributed by atoms with Crippen LogP contribution >= 0.6 is 0 Å². The molecule has 5 rings (SSSR count). The molecule has 0 saturated heterocycles. The number of hydrogen-bond donors (Lipinski definition) is 0. The van der Waals surface area contributed by atoms with Crippen LogP contribution < -0.4 is 10.4 Å². The molecular formula is C22H14N4. The maximum Gasteiger partial charge on any atom is 0.269 e. The van der Waals surface area contributed by atoms with Gasteiger partial charge in [-0.15, -0.1) is 0 Å². The zero-order chi connectivity index (χ0) is 18.3. The van der Waals surface area contributed by atoms with Crippen LogP contribution in [0, 0.1) is 35.8 Å². The summed E-state index contributed by atoms with van der Waals surface area (Å²) in [6.07, 6.45) is 4.16. The van der Waals surface area contributed by atoms with Crippen LogP contribution in [-0.4, -0.2) is 0 Å². The highest BCUT2D eigenvalue weighted by Gasteiger charge is 2.36. The maximum atomic E-state index is 9.57. The predicted molar refractivity (Wildman–Crippen MR) is 98.4 cm³/mol. The van der Waals surface area contributed by atoms with E-state index in [1.54, 1.807) is 0 Å². The molecule has 3 aliphatic carbocycles. The van der Waals surface area contributed by atoms with Gasteiger partial charge in [-0.3, -0.25) is 0 Å². The van der Waals surface area contributed by atoms with Gasteiger partial charge < -0.3 is 0 Å². The van der Waals surface area contributed by atoms with E-state index in [4.69, 9.17) is 13.1 Å². The predicted octanol–water partition coefficient (Wildman–Crippen LogP) is 3.70. The fourth-order valence-corrected chi connectivity index (χ4v) is 4.78. The van der Waals surface area contributed by atoms with E-state index in [9.17, 15) is 10.5 Å². The molecule has 0 radical (unpaired) electrons. The first-order valence-corrected chi connectivity index (χ1v) is 8.63. The molecule has 1 fully saturated rings. The Balaban J connectivity index is 2.45. The second kappa shape index (κ2) is 6.04. The molecule has 0 amide bonds. The highest BCUT2D eigenvalue weighted by atomic mass is 14.7. The second-order valence-electron chi connectivity index (χ2n) is 6.82. The molecular weight excluding hydrogens is 320 g/mol. The molecule has 122 valence electrons. The first-order chi connectivity index (χ1) is 12.7. The van der Waals surface area contributed by atoms with E-state index in [-0.39, 0.29) is 11.4 Å². The van der Waals surface area contributed by atoms with E-state index in [2.05, 4.69) is 21.8 Å². The highest BCUT2D eigenvalue weighted by Crippen LogP contribution is 2.47. The summed E-state index contributed by atoms with van der Waals surface area (Å²) in [4.78, 5) is 7.01. The molecule has 0 atom stereocenters. The minimum Gasteiger partial charge on any atom is -0.226 e.